The summed E-state index contributed by atoms with van der Waals surface area (Å²) in [4.78, 5) is 14.3. The third-order valence-corrected chi connectivity index (χ3v) is 5.99. The summed E-state index contributed by atoms with van der Waals surface area (Å²) >= 11 is 0. The Morgan fingerprint density at radius 3 is 1.94 bits per heavy atom. The second-order valence-corrected chi connectivity index (χ2v) is 8.17. The van der Waals surface area contributed by atoms with E-state index in [0.717, 1.165) is 39.5 Å². The molecule has 0 aliphatic carbocycles. The third kappa shape index (κ3) is 3.84. The van der Waals surface area contributed by atoms with Gasteiger partial charge in [0.1, 0.15) is 0 Å². The highest BCUT2D eigenvalue weighted by molar-refractivity contribution is 5.96. The van der Waals surface area contributed by atoms with E-state index < -0.39 is 0 Å². The third-order valence-electron chi connectivity index (χ3n) is 5.99. The molecule has 0 spiro atoms. The largest absolute Gasteiger partial charge is 0.255 e. The van der Waals surface area contributed by atoms with Crippen LogP contribution in [0.3, 0.4) is 0 Å². The summed E-state index contributed by atoms with van der Waals surface area (Å²) in [6.07, 6.45) is 3.73. The topological polar surface area (TPSA) is 38.7 Å². The molecule has 0 bridgehead atoms. The molecule has 0 unspecified atom stereocenters. The Labute approximate surface area is 198 Å². The van der Waals surface area contributed by atoms with E-state index in [0.29, 0.717) is 0 Å². The van der Waals surface area contributed by atoms with Crippen molar-refractivity contribution in [1.82, 2.24) is 15.0 Å². The van der Waals surface area contributed by atoms with Crippen molar-refractivity contribution >= 4 is 10.8 Å². The van der Waals surface area contributed by atoms with Crippen molar-refractivity contribution in [3.63, 3.8) is 0 Å². The molecule has 0 aliphatic rings. The lowest BCUT2D eigenvalue weighted by atomic mass is 9.99. The van der Waals surface area contributed by atoms with Crippen molar-refractivity contribution < 1.29 is 0 Å². The van der Waals surface area contributed by atoms with Crippen LogP contribution in [0, 0.1) is 0 Å². The van der Waals surface area contributed by atoms with E-state index in [-0.39, 0.29) is 0 Å². The number of fused-ring (bicyclic) bond motifs is 1. The molecule has 3 heterocycles. The van der Waals surface area contributed by atoms with Crippen molar-refractivity contribution in [3.8, 4) is 45.0 Å². The SMILES string of the molecule is c1ccc(-c2cc(-c3ccccn3)nc(-c3ccc(-c4cccc5ccccc45)cn3)c2)cc1. The van der Waals surface area contributed by atoms with Gasteiger partial charge in [-0.15, -0.1) is 0 Å². The molecule has 3 nitrogen and oxygen atoms in total. The molecule has 6 rings (SSSR count). The smallest absolute Gasteiger partial charge is 0.0900 e. The number of benzene rings is 3. The monoisotopic (exact) mass is 435 g/mol. The van der Waals surface area contributed by atoms with E-state index in [2.05, 4.69) is 83.8 Å². The maximum Gasteiger partial charge on any atom is 0.0900 e. The number of rotatable bonds is 4. The number of nitrogens with zero attached hydrogens (tertiary/aromatic N) is 3. The van der Waals surface area contributed by atoms with Crippen molar-refractivity contribution in [2.45, 2.75) is 0 Å². The van der Waals surface area contributed by atoms with Gasteiger partial charge in [-0.2, -0.15) is 0 Å². The summed E-state index contributed by atoms with van der Waals surface area (Å²) in [5, 5.41) is 2.45. The molecular formula is C31H21N3. The van der Waals surface area contributed by atoms with Crippen LogP contribution in [-0.2, 0) is 0 Å². The Hall–Kier alpha value is -4.63. The lowest BCUT2D eigenvalue weighted by Crippen LogP contribution is -1.94. The van der Waals surface area contributed by atoms with Crippen molar-refractivity contribution in [1.29, 1.82) is 0 Å². The van der Waals surface area contributed by atoms with Gasteiger partial charge in [0.25, 0.3) is 0 Å². The fourth-order valence-electron chi connectivity index (χ4n) is 4.29. The maximum absolute atomic E-state index is 4.93. The Kier molecular flexibility index (Phi) is 5.13. The molecule has 0 radical (unpaired) electrons. The van der Waals surface area contributed by atoms with Crippen LogP contribution in [0.25, 0.3) is 55.8 Å². The Morgan fingerprint density at radius 1 is 0.441 bits per heavy atom. The predicted molar refractivity (Wildman–Crippen MR) is 139 cm³/mol. The highest BCUT2D eigenvalue weighted by Crippen LogP contribution is 2.31. The molecule has 0 saturated carbocycles. The van der Waals surface area contributed by atoms with Crippen LogP contribution in [0.2, 0.25) is 0 Å². The van der Waals surface area contributed by atoms with Gasteiger partial charge < -0.3 is 0 Å². The Balaban J connectivity index is 1.45. The average Bonchev–Trinajstić information content (AvgIpc) is 2.93. The van der Waals surface area contributed by atoms with Crippen molar-refractivity contribution in [2.75, 3.05) is 0 Å². The van der Waals surface area contributed by atoms with Gasteiger partial charge in [0.2, 0.25) is 0 Å². The van der Waals surface area contributed by atoms with Gasteiger partial charge in [-0.1, -0.05) is 84.9 Å². The van der Waals surface area contributed by atoms with Crippen LogP contribution in [-0.4, -0.2) is 15.0 Å². The number of pyridine rings is 3. The second-order valence-electron chi connectivity index (χ2n) is 8.17. The molecule has 0 aliphatic heterocycles. The summed E-state index contributed by atoms with van der Waals surface area (Å²) in [7, 11) is 0. The lowest BCUT2D eigenvalue weighted by Gasteiger charge is -2.10. The van der Waals surface area contributed by atoms with Crippen LogP contribution in [0.1, 0.15) is 0 Å². The normalized spacial score (nSPS) is 10.9. The van der Waals surface area contributed by atoms with E-state index in [1.165, 1.54) is 16.3 Å². The zero-order valence-corrected chi connectivity index (χ0v) is 18.5. The quantitative estimate of drug-likeness (QED) is 0.285. The number of aromatic nitrogens is 3. The predicted octanol–water partition coefficient (Wildman–Crippen LogP) is 7.69. The minimum Gasteiger partial charge on any atom is -0.255 e. The Morgan fingerprint density at radius 2 is 1.18 bits per heavy atom. The molecule has 3 aromatic carbocycles. The molecule has 3 aromatic heterocycles. The van der Waals surface area contributed by atoms with Crippen LogP contribution in [0.5, 0.6) is 0 Å². The van der Waals surface area contributed by atoms with Gasteiger partial charge in [-0.3, -0.25) is 9.97 Å². The Bertz CT molecular complexity index is 1510. The van der Waals surface area contributed by atoms with Crippen LogP contribution < -0.4 is 0 Å². The zero-order chi connectivity index (χ0) is 22.7. The van der Waals surface area contributed by atoms with Gasteiger partial charge >= 0.3 is 0 Å². The fourth-order valence-corrected chi connectivity index (χ4v) is 4.29. The fraction of sp³-hybridized carbons (Fsp3) is 0. The van der Waals surface area contributed by atoms with Crippen molar-refractivity contribution in [3.05, 3.63) is 128 Å². The van der Waals surface area contributed by atoms with E-state index in [9.17, 15) is 0 Å². The molecule has 160 valence electrons. The minimum absolute atomic E-state index is 0.825. The van der Waals surface area contributed by atoms with E-state index in [1.807, 2.05) is 42.6 Å². The highest BCUT2D eigenvalue weighted by Gasteiger charge is 2.11. The summed E-state index contributed by atoms with van der Waals surface area (Å²) in [6, 6.07) is 39.4. The number of hydrogen-bond donors (Lipinski definition) is 0. The molecule has 6 aromatic rings. The summed E-state index contributed by atoms with van der Waals surface area (Å²) in [5.41, 5.74) is 7.82. The first-order valence-corrected chi connectivity index (χ1v) is 11.3. The highest BCUT2D eigenvalue weighted by atomic mass is 14.8. The van der Waals surface area contributed by atoms with E-state index in [1.54, 1.807) is 6.20 Å². The van der Waals surface area contributed by atoms with Crippen molar-refractivity contribution in [2.24, 2.45) is 0 Å². The van der Waals surface area contributed by atoms with E-state index in [4.69, 9.17) is 9.97 Å². The molecule has 0 atom stereocenters. The molecule has 0 amide bonds. The van der Waals surface area contributed by atoms with Gasteiger partial charge in [0.05, 0.1) is 22.8 Å². The summed E-state index contributed by atoms with van der Waals surface area (Å²) < 4.78 is 0. The maximum atomic E-state index is 4.93. The summed E-state index contributed by atoms with van der Waals surface area (Å²) in [6.45, 7) is 0. The van der Waals surface area contributed by atoms with Gasteiger partial charge in [0, 0.05) is 18.0 Å². The molecule has 0 fully saturated rings. The first-order chi connectivity index (χ1) is 16.8. The molecule has 3 heteroatoms. The van der Waals surface area contributed by atoms with Crippen LogP contribution in [0.15, 0.2) is 128 Å². The van der Waals surface area contributed by atoms with Gasteiger partial charge in [-0.25, -0.2) is 4.98 Å². The van der Waals surface area contributed by atoms with Crippen LogP contribution in [0.4, 0.5) is 0 Å². The molecule has 0 N–H and O–H groups in total. The standard InChI is InChI=1S/C31H21N3/c1-2-9-22(10-3-1)25-19-30(28-15-6-7-18-32-28)34-31(20-25)29-17-16-24(21-33-29)27-14-8-12-23-11-4-5-13-26(23)27/h1-21H. The minimum atomic E-state index is 0.825. The second kappa shape index (κ2) is 8.72. The number of hydrogen-bond acceptors (Lipinski definition) is 3. The van der Waals surface area contributed by atoms with Crippen LogP contribution >= 0.6 is 0 Å². The zero-order valence-electron chi connectivity index (χ0n) is 18.5. The average molecular weight is 436 g/mol. The molecule has 0 saturated heterocycles. The lowest BCUT2D eigenvalue weighted by molar-refractivity contribution is 1.22. The molecule has 34 heavy (non-hydrogen) atoms. The van der Waals surface area contributed by atoms with E-state index >= 15 is 0 Å². The van der Waals surface area contributed by atoms with Gasteiger partial charge in [-0.05, 0) is 57.8 Å². The first kappa shape index (κ1) is 20.0. The first-order valence-electron chi connectivity index (χ1n) is 11.3. The molecular weight excluding hydrogens is 414 g/mol. The van der Waals surface area contributed by atoms with Gasteiger partial charge in [0.15, 0.2) is 0 Å². The summed E-state index contributed by atoms with van der Waals surface area (Å²) in [5.74, 6) is 0.